The Labute approximate surface area is 252 Å². The summed E-state index contributed by atoms with van der Waals surface area (Å²) >= 11 is 0. The minimum Gasteiger partial charge on any atom is -0.476 e. The average molecular weight is 586 g/mol. The van der Waals surface area contributed by atoms with Crippen molar-refractivity contribution >= 4 is 33.8 Å². The number of nitrogens with one attached hydrogen (secondary N) is 2. The molecule has 1 aliphatic carbocycles. The molecule has 228 valence electrons. The zero-order valence-corrected chi connectivity index (χ0v) is 25.5. The highest BCUT2D eigenvalue weighted by Crippen LogP contribution is 2.34. The van der Waals surface area contributed by atoms with Crippen molar-refractivity contribution < 1.29 is 14.3 Å². The molecule has 0 bridgehead atoms. The van der Waals surface area contributed by atoms with Gasteiger partial charge in [-0.05, 0) is 89.0 Å². The van der Waals surface area contributed by atoms with Crippen molar-refractivity contribution in [2.45, 2.75) is 70.9 Å². The van der Waals surface area contributed by atoms with E-state index >= 15 is 0 Å². The Hall–Kier alpha value is -3.92. The molecule has 2 N–H and O–H groups in total. The largest absolute Gasteiger partial charge is 0.476 e. The lowest BCUT2D eigenvalue weighted by atomic mass is 9.85. The zero-order chi connectivity index (χ0) is 29.9. The van der Waals surface area contributed by atoms with Crippen molar-refractivity contribution in [3.8, 4) is 5.88 Å². The van der Waals surface area contributed by atoms with Gasteiger partial charge in [0, 0.05) is 54.9 Å². The molecule has 4 heterocycles. The minimum absolute atomic E-state index is 0.00108. The number of pyridine rings is 1. The van der Waals surface area contributed by atoms with Crippen LogP contribution in [0.1, 0.15) is 75.2 Å². The van der Waals surface area contributed by atoms with E-state index < -0.39 is 0 Å². The Morgan fingerprint density at radius 3 is 2.63 bits per heavy atom. The van der Waals surface area contributed by atoms with E-state index in [4.69, 9.17) is 4.74 Å². The molecule has 2 amide bonds. The first-order chi connectivity index (χ1) is 20.9. The number of piperidine rings is 1. The van der Waals surface area contributed by atoms with Crippen LogP contribution in [-0.4, -0.2) is 68.1 Å². The monoisotopic (exact) mass is 585 g/mol. The Bertz CT molecular complexity index is 1670. The summed E-state index contributed by atoms with van der Waals surface area (Å²) in [6, 6.07) is 9.88. The highest BCUT2D eigenvalue weighted by atomic mass is 16.5. The number of rotatable bonds is 8. The second-order valence-electron chi connectivity index (χ2n) is 12.4. The van der Waals surface area contributed by atoms with E-state index in [2.05, 4.69) is 29.7 Å². The summed E-state index contributed by atoms with van der Waals surface area (Å²) in [6.07, 6.45) is 10.7. The number of nitrogens with zero attached hydrogens (tertiary/aromatic N) is 5. The topological polar surface area (TPSA) is 110 Å². The van der Waals surface area contributed by atoms with Gasteiger partial charge in [0.1, 0.15) is 6.61 Å². The fourth-order valence-electron chi connectivity index (χ4n) is 6.56. The number of aromatic nitrogens is 4. The van der Waals surface area contributed by atoms with E-state index in [1.807, 2.05) is 62.0 Å². The van der Waals surface area contributed by atoms with Crippen molar-refractivity contribution in [1.29, 1.82) is 0 Å². The van der Waals surface area contributed by atoms with Gasteiger partial charge in [0.15, 0.2) is 0 Å². The van der Waals surface area contributed by atoms with Crippen molar-refractivity contribution in [2.24, 2.45) is 18.0 Å². The molecule has 10 nitrogen and oxygen atoms in total. The Kier molecular flexibility index (Phi) is 8.65. The highest BCUT2D eigenvalue weighted by molar-refractivity contribution is 5.98. The number of likely N-dealkylation sites (tertiary alicyclic amines) is 1. The summed E-state index contributed by atoms with van der Waals surface area (Å²) in [7, 11) is 1.97. The standard InChI is InChI=1S/C33H43N7O3/c1-22(2)35-31(41)24-9-11-26(12-10-24)40-29-20-30(43-18-17-39-14-5-4-6-15-39)34-21-27(29)36-33(40)37-32(42)25-8-7-23-13-16-38(3)28(23)19-25/h7-8,13,16,19-22,24,26H,4-6,9-12,14-15,17-18H2,1-3H3,(H,35,41)(H,36,37,42)/t24-,26+. The maximum atomic E-state index is 13.5. The minimum atomic E-state index is -0.306. The summed E-state index contributed by atoms with van der Waals surface area (Å²) in [5, 5.41) is 4.15. The Morgan fingerprint density at radius 1 is 1.07 bits per heavy atom. The van der Waals surface area contributed by atoms with Gasteiger partial charge < -0.3 is 24.2 Å². The number of imidazole rings is 1. The number of amides is 2. The van der Waals surface area contributed by atoms with E-state index in [9.17, 15) is 9.59 Å². The second kappa shape index (κ2) is 12.8. The van der Waals surface area contributed by atoms with Crippen molar-refractivity contribution in [3.05, 3.63) is 53.9 Å². The van der Waals surface area contributed by atoms with Gasteiger partial charge in [0.05, 0.1) is 17.2 Å². The van der Waals surface area contributed by atoms with Gasteiger partial charge in [-0.1, -0.05) is 12.5 Å². The molecular formula is C33H43N7O3. The molecule has 2 fully saturated rings. The molecule has 10 heteroatoms. The molecule has 1 aliphatic heterocycles. The Balaban J connectivity index is 1.30. The van der Waals surface area contributed by atoms with Crippen LogP contribution in [0.5, 0.6) is 5.88 Å². The molecule has 1 saturated carbocycles. The van der Waals surface area contributed by atoms with E-state index in [-0.39, 0.29) is 29.8 Å². The molecule has 1 aromatic carbocycles. The van der Waals surface area contributed by atoms with E-state index in [0.717, 1.165) is 67.3 Å². The SMILES string of the molecule is CC(C)NC(=O)[C@H]1CC[C@@H](n2/c(=N/C(=O)c3ccc4ccn(C)c4c3)[nH]c3cnc(OCCN4CCCCC4)cc32)CC1. The zero-order valence-electron chi connectivity index (χ0n) is 25.5. The summed E-state index contributed by atoms with van der Waals surface area (Å²) in [6.45, 7) is 7.70. The normalized spacial score (nSPS) is 20.2. The smallest absolute Gasteiger partial charge is 0.280 e. The quantitative estimate of drug-likeness (QED) is 0.311. The van der Waals surface area contributed by atoms with Crippen molar-refractivity contribution in [1.82, 2.24) is 29.3 Å². The summed E-state index contributed by atoms with van der Waals surface area (Å²) < 4.78 is 10.2. The lowest BCUT2D eigenvalue weighted by Gasteiger charge is -2.29. The second-order valence-corrected chi connectivity index (χ2v) is 12.4. The Morgan fingerprint density at radius 2 is 1.86 bits per heavy atom. The number of H-pyrrole nitrogens is 1. The predicted octanol–water partition coefficient (Wildman–Crippen LogP) is 4.72. The molecule has 2 aliphatic rings. The van der Waals surface area contributed by atoms with Crippen LogP contribution in [0.2, 0.25) is 0 Å². The van der Waals surface area contributed by atoms with Gasteiger partial charge >= 0.3 is 0 Å². The van der Waals surface area contributed by atoms with Gasteiger partial charge in [0.2, 0.25) is 17.4 Å². The van der Waals surface area contributed by atoms with Crippen molar-refractivity contribution in [3.63, 3.8) is 0 Å². The number of aryl methyl sites for hydroxylation is 1. The summed E-state index contributed by atoms with van der Waals surface area (Å²) in [5.74, 6) is 0.384. The van der Waals surface area contributed by atoms with E-state index in [1.165, 1.54) is 19.3 Å². The number of hydrogen-bond donors (Lipinski definition) is 2. The van der Waals surface area contributed by atoms with Crippen LogP contribution in [0.4, 0.5) is 0 Å². The fraction of sp³-hybridized carbons (Fsp3) is 0.515. The molecular weight excluding hydrogens is 542 g/mol. The molecule has 0 radical (unpaired) electrons. The van der Waals surface area contributed by atoms with Crippen LogP contribution in [0.25, 0.3) is 21.9 Å². The number of hydrogen-bond acceptors (Lipinski definition) is 5. The van der Waals surface area contributed by atoms with Crippen LogP contribution in [0.15, 0.2) is 47.7 Å². The number of carbonyl (C=O) groups is 2. The molecule has 6 rings (SSSR count). The first-order valence-corrected chi connectivity index (χ1v) is 15.8. The molecule has 0 spiro atoms. The molecule has 3 aromatic heterocycles. The number of benzene rings is 1. The van der Waals surface area contributed by atoms with Gasteiger partial charge in [-0.3, -0.25) is 14.5 Å². The lowest BCUT2D eigenvalue weighted by molar-refractivity contribution is -0.126. The van der Waals surface area contributed by atoms with Crippen LogP contribution < -0.4 is 15.7 Å². The number of carbonyl (C=O) groups excluding carboxylic acids is 2. The van der Waals surface area contributed by atoms with Crippen LogP contribution in [0, 0.1) is 5.92 Å². The molecule has 4 aromatic rings. The molecule has 0 atom stereocenters. The van der Waals surface area contributed by atoms with Gasteiger partial charge in [-0.25, -0.2) is 4.98 Å². The summed E-state index contributed by atoms with van der Waals surface area (Å²) in [5.41, 5.74) is 3.72. The lowest BCUT2D eigenvalue weighted by Crippen LogP contribution is -2.38. The molecule has 43 heavy (non-hydrogen) atoms. The van der Waals surface area contributed by atoms with Crippen molar-refractivity contribution in [2.75, 3.05) is 26.2 Å². The van der Waals surface area contributed by atoms with E-state index in [0.29, 0.717) is 23.7 Å². The van der Waals surface area contributed by atoms with E-state index in [1.54, 1.807) is 6.20 Å². The van der Waals surface area contributed by atoms with Gasteiger partial charge in [-0.15, -0.1) is 0 Å². The maximum Gasteiger partial charge on any atom is 0.280 e. The number of aromatic amines is 1. The molecule has 0 unspecified atom stereocenters. The highest BCUT2D eigenvalue weighted by Gasteiger charge is 2.29. The third kappa shape index (κ3) is 6.54. The number of fused-ring (bicyclic) bond motifs is 2. The average Bonchev–Trinajstić information content (AvgIpc) is 3.56. The van der Waals surface area contributed by atoms with Crippen LogP contribution in [-0.2, 0) is 11.8 Å². The first kappa shape index (κ1) is 29.2. The third-order valence-electron chi connectivity index (χ3n) is 8.90. The number of ether oxygens (including phenoxy) is 1. The van der Waals surface area contributed by atoms with Crippen LogP contribution in [0.3, 0.4) is 0 Å². The predicted molar refractivity (Wildman–Crippen MR) is 167 cm³/mol. The fourth-order valence-corrected chi connectivity index (χ4v) is 6.56. The first-order valence-electron chi connectivity index (χ1n) is 15.8. The van der Waals surface area contributed by atoms with Crippen LogP contribution >= 0.6 is 0 Å². The van der Waals surface area contributed by atoms with Gasteiger partial charge in [0.25, 0.3) is 5.91 Å². The summed E-state index contributed by atoms with van der Waals surface area (Å²) in [4.78, 5) is 41.2. The third-order valence-corrected chi connectivity index (χ3v) is 8.90. The maximum absolute atomic E-state index is 13.5. The van der Waals surface area contributed by atoms with Gasteiger partial charge in [-0.2, -0.15) is 4.99 Å². The molecule has 1 saturated heterocycles.